The fourth-order valence-electron chi connectivity index (χ4n) is 4.33. The van der Waals surface area contributed by atoms with Crippen molar-refractivity contribution in [3.05, 3.63) is 65.7 Å². The standard InChI is InChI=1S/C25H25N5O4/c1-25(19-7-5-6-17(14-19)15-26)23(33)30(24(34)28-25)16-21(31)29-12-10-18(11-13-29)22(32)27-20-8-3-2-4-9-20/h2-9,14,18H,10-13,16H2,1H3,(H,27,32)(H,28,34). The van der Waals surface area contributed by atoms with Crippen LogP contribution in [0.2, 0.25) is 0 Å². The summed E-state index contributed by atoms with van der Waals surface area (Å²) in [5, 5.41) is 14.7. The van der Waals surface area contributed by atoms with Gasteiger partial charge in [0.15, 0.2) is 0 Å². The summed E-state index contributed by atoms with van der Waals surface area (Å²) in [6.45, 7) is 1.93. The zero-order chi connectivity index (χ0) is 24.3. The number of amides is 5. The van der Waals surface area contributed by atoms with Gasteiger partial charge in [0.1, 0.15) is 12.1 Å². The molecule has 1 atom stereocenters. The highest BCUT2D eigenvalue weighted by Crippen LogP contribution is 2.29. The molecular formula is C25H25N5O4. The number of hydrogen-bond donors (Lipinski definition) is 2. The molecule has 5 amide bonds. The zero-order valence-electron chi connectivity index (χ0n) is 18.8. The number of urea groups is 1. The van der Waals surface area contributed by atoms with E-state index in [1.54, 1.807) is 36.1 Å². The third kappa shape index (κ3) is 4.48. The largest absolute Gasteiger partial charge is 0.341 e. The number of carbonyl (C=O) groups is 4. The fourth-order valence-corrected chi connectivity index (χ4v) is 4.33. The van der Waals surface area contributed by atoms with Crippen LogP contribution in [0.25, 0.3) is 0 Å². The molecule has 2 N–H and O–H groups in total. The van der Waals surface area contributed by atoms with Crippen molar-refractivity contribution in [1.29, 1.82) is 5.26 Å². The van der Waals surface area contributed by atoms with Crippen LogP contribution in [0.1, 0.15) is 30.9 Å². The Labute approximate surface area is 197 Å². The third-order valence-corrected chi connectivity index (χ3v) is 6.40. The monoisotopic (exact) mass is 459 g/mol. The molecule has 0 aromatic heterocycles. The summed E-state index contributed by atoms with van der Waals surface area (Å²) in [6, 6.07) is 17.0. The van der Waals surface area contributed by atoms with Crippen LogP contribution in [0.15, 0.2) is 54.6 Å². The molecule has 34 heavy (non-hydrogen) atoms. The summed E-state index contributed by atoms with van der Waals surface area (Å²) in [5.74, 6) is -1.18. The van der Waals surface area contributed by atoms with E-state index in [4.69, 9.17) is 5.26 Å². The van der Waals surface area contributed by atoms with E-state index >= 15 is 0 Å². The molecule has 2 aliphatic rings. The molecule has 0 spiro atoms. The number of benzene rings is 2. The summed E-state index contributed by atoms with van der Waals surface area (Å²) in [6.07, 6.45) is 1.01. The predicted molar refractivity (Wildman–Crippen MR) is 123 cm³/mol. The third-order valence-electron chi connectivity index (χ3n) is 6.40. The van der Waals surface area contributed by atoms with Crippen LogP contribution in [0, 0.1) is 17.2 Å². The van der Waals surface area contributed by atoms with E-state index in [0.29, 0.717) is 37.1 Å². The van der Waals surface area contributed by atoms with Gasteiger partial charge in [-0.2, -0.15) is 5.26 Å². The van der Waals surface area contributed by atoms with E-state index < -0.39 is 17.5 Å². The predicted octanol–water partition coefficient (Wildman–Crippen LogP) is 2.20. The average molecular weight is 460 g/mol. The molecule has 1 unspecified atom stereocenters. The van der Waals surface area contributed by atoms with Crippen molar-refractivity contribution < 1.29 is 19.2 Å². The van der Waals surface area contributed by atoms with Gasteiger partial charge in [-0.3, -0.25) is 19.3 Å². The molecule has 2 heterocycles. The molecule has 0 radical (unpaired) electrons. The number of piperidine rings is 1. The molecule has 0 saturated carbocycles. The number of likely N-dealkylation sites (tertiary alicyclic amines) is 1. The topological polar surface area (TPSA) is 123 Å². The minimum absolute atomic E-state index is 0.0808. The molecule has 4 rings (SSSR count). The zero-order valence-corrected chi connectivity index (χ0v) is 18.8. The van der Waals surface area contributed by atoms with Crippen LogP contribution in [0.5, 0.6) is 0 Å². The molecule has 2 fully saturated rings. The SMILES string of the molecule is CC1(c2cccc(C#N)c2)NC(=O)N(CC(=O)N2CCC(C(=O)Nc3ccccc3)CC2)C1=O. The van der Waals surface area contributed by atoms with Crippen molar-refractivity contribution in [2.75, 3.05) is 25.0 Å². The van der Waals surface area contributed by atoms with Crippen LogP contribution in [0.4, 0.5) is 10.5 Å². The van der Waals surface area contributed by atoms with Crippen molar-refractivity contribution in [1.82, 2.24) is 15.1 Å². The number of para-hydroxylation sites is 1. The quantitative estimate of drug-likeness (QED) is 0.664. The summed E-state index contributed by atoms with van der Waals surface area (Å²) in [4.78, 5) is 53.6. The van der Waals surface area contributed by atoms with Crippen molar-refractivity contribution >= 4 is 29.4 Å². The Kier molecular flexibility index (Phi) is 6.32. The maximum atomic E-state index is 13.1. The van der Waals surface area contributed by atoms with Gasteiger partial charge in [0.25, 0.3) is 5.91 Å². The molecule has 2 aromatic rings. The molecule has 0 bridgehead atoms. The van der Waals surface area contributed by atoms with Crippen molar-refractivity contribution in [2.45, 2.75) is 25.3 Å². The first-order chi connectivity index (χ1) is 16.3. The van der Waals surface area contributed by atoms with Gasteiger partial charge >= 0.3 is 6.03 Å². The van der Waals surface area contributed by atoms with Gasteiger partial charge in [-0.15, -0.1) is 0 Å². The van der Waals surface area contributed by atoms with Crippen LogP contribution in [-0.2, 0) is 19.9 Å². The normalized spacial score (nSPS) is 20.6. The number of imide groups is 1. The molecule has 2 aliphatic heterocycles. The van der Waals surface area contributed by atoms with Gasteiger partial charge < -0.3 is 15.5 Å². The second-order valence-corrected chi connectivity index (χ2v) is 8.65. The lowest BCUT2D eigenvalue weighted by atomic mass is 9.91. The van der Waals surface area contributed by atoms with Crippen LogP contribution < -0.4 is 10.6 Å². The number of nitrogens with one attached hydrogen (secondary N) is 2. The fraction of sp³-hybridized carbons (Fsp3) is 0.320. The van der Waals surface area contributed by atoms with E-state index in [1.165, 1.54) is 0 Å². The molecule has 0 aliphatic carbocycles. The lowest BCUT2D eigenvalue weighted by Gasteiger charge is -2.32. The summed E-state index contributed by atoms with van der Waals surface area (Å²) < 4.78 is 0. The van der Waals surface area contributed by atoms with Gasteiger partial charge in [-0.05, 0) is 49.6 Å². The number of nitrogens with zero attached hydrogens (tertiary/aromatic N) is 3. The Morgan fingerprint density at radius 3 is 2.50 bits per heavy atom. The van der Waals surface area contributed by atoms with Gasteiger partial charge in [-0.25, -0.2) is 4.79 Å². The van der Waals surface area contributed by atoms with E-state index in [2.05, 4.69) is 10.6 Å². The summed E-state index contributed by atoms with van der Waals surface area (Å²) >= 11 is 0. The molecule has 9 heteroatoms. The van der Waals surface area contributed by atoms with Crippen molar-refractivity contribution in [3.8, 4) is 6.07 Å². The van der Waals surface area contributed by atoms with Gasteiger partial charge in [-0.1, -0.05) is 30.3 Å². The molecule has 174 valence electrons. The minimum Gasteiger partial charge on any atom is -0.341 e. The Balaban J connectivity index is 1.35. The van der Waals surface area contributed by atoms with E-state index in [0.717, 1.165) is 10.6 Å². The summed E-state index contributed by atoms with van der Waals surface area (Å²) in [5.41, 5.74) is 0.222. The highest BCUT2D eigenvalue weighted by Gasteiger charge is 2.50. The minimum atomic E-state index is -1.35. The Morgan fingerprint density at radius 1 is 1.12 bits per heavy atom. The van der Waals surface area contributed by atoms with E-state index in [-0.39, 0.29) is 24.3 Å². The second kappa shape index (κ2) is 9.35. The highest BCUT2D eigenvalue weighted by atomic mass is 16.2. The van der Waals surface area contributed by atoms with Crippen LogP contribution >= 0.6 is 0 Å². The average Bonchev–Trinajstić information content (AvgIpc) is 3.08. The van der Waals surface area contributed by atoms with Gasteiger partial charge in [0.05, 0.1) is 11.6 Å². The van der Waals surface area contributed by atoms with Gasteiger partial charge in [0.2, 0.25) is 11.8 Å². The highest BCUT2D eigenvalue weighted by molar-refractivity contribution is 6.09. The van der Waals surface area contributed by atoms with E-state index in [9.17, 15) is 19.2 Å². The number of nitriles is 1. The first-order valence-corrected chi connectivity index (χ1v) is 11.1. The molecular weight excluding hydrogens is 434 g/mol. The molecule has 2 aromatic carbocycles. The smallest absolute Gasteiger partial charge is 0.325 e. The van der Waals surface area contributed by atoms with Crippen LogP contribution in [0.3, 0.4) is 0 Å². The number of hydrogen-bond acceptors (Lipinski definition) is 5. The first-order valence-electron chi connectivity index (χ1n) is 11.1. The molecule has 2 saturated heterocycles. The first kappa shape index (κ1) is 23.0. The Bertz CT molecular complexity index is 1170. The second-order valence-electron chi connectivity index (χ2n) is 8.65. The maximum absolute atomic E-state index is 13.1. The summed E-state index contributed by atoms with van der Waals surface area (Å²) in [7, 11) is 0. The van der Waals surface area contributed by atoms with Crippen molar-refractivity contribution in [3.63, 3.8) is 0 Å². The Morgan fingerprint density at radius 2 is 1.82 bits per heavy atom. The lowest BCUT2D eigenvalue weighted by molar-refractivity contribution is -0.140. The lowest BCUT2D eigenvalue weighted by Crippen LogP contribution is -2.47. The Hall–Kier alpha value is -4.19. The van der Waals surface area contributed by atoms with Gasteiger partial charge in [0, 0.05) is 24.7 Å². The van der Waals surface area contributed by atoms with Crippen LogP contribution in [-0.4, -0.2) is 53.2 Å². The number of anilines is 1. The van der Waals surface area contributed by atoms with E-state index in [1.807, 2.05) is 36.4 Å². The number of carbonyl (C=O) groups excluding carboxylic acids is 4. The maximum Gasteiger partial charge on any atom is 0.325 e. The molecule has 9 nitrogen and oxygen atoms in total. The van der Waals surface area contributed by atoms with Crippen molar-refractivity contribution in [2.24, 2.45) is 5.92 Å². The number of rotatable bonds is 5.